The molecule has 0 aliphatic carbocycles. The number of alkyl halides is 3. The number of nitrogens with one attached hydrogen (secondary N) is 1. The second kappa shape index (κ2) is 6.77. The summed E-state index contributed by atoms with van der Waals surface area (Å²) >= 11 is 0. The zero-order valence-electron chi connectivity index (χ0n) is 12.4. The molecule has 3 nitrogen and oxygen atoms in total. The summed E-state index contributed by atoms with van der Waals surface area (Å²) < 4.78 is 38.4. The standard InChI is InChI=1S/C14H24F3N3/c1-4-19-13(3,10-18)8-11(2)20-7-5-6-12(9-20)14(15,16)17/h11-12,19H,4-9H2,1-3H3. The maximum atomic E-state index is 12.8. The quantitative estimate of drug-likeness (QED) is 0.846. The summed E-state index contributed by atoms with van der Waals surface area (Å²) in [7, 11) is 0. The van der Waals surface area contributed by atoms with Crippen LogP contribution in [0.3, 0.4) is 0 Å². The normalized spacial score (nSPS) is 25.8. The Morgan fingerprint density at radius 3 is 2.60 bits per heavy atom. The lowest BCUT2D eigenvalue weighted by Gasteiger charge is -2.39. The summed E-state index contributed by atoms with van der Waals surface area (Å²) in [5, 5.41) is 12.3. The van der Waals surface area contributed by atoms with Gasteiger partial charge in [0, 0.05) is 12.6 Å². The van der Waals surface area contributed by atoms with Crippen LogP contribution in [0, 0.1) is 17.2 Å². The zero-order valence-corrected chi connectivity index (χ0v) is 12.4. The van der Waals surface area contributed by atoms with E-state index in [0.717, 1.165) is 0 Å². The van der Waals surface area contributed by atoms with Crippen molar-refractivity contribution in [3.63, 3.8) is 0 Å². The number of hydrogen-bond donors (Lipinski definition) is 1. The van der Waals surface area contributed by atoms with Crippen molar-refractivity contribution in [2.24, 2.45) is 5.92 Å². The highest BCUT2D eigenvalue weighted by Gasteiger charge is 2.43. The van der Waals surface area contributed by atoms with Gasteiger partial charge in [0.25, 0.3) is 0 Å². The van der Waals surface area contributed by atoms with Gasteiger partial charge < -0.3 is 0 Å². The number of halogens is 3. The maximum absolute atomic E-state index is 12.8. The number of hydrogen-bond acceptors (Lipinski definition) is 3. The smallest absolute Gasteiger partial charge is 0.300 e. The van der Waals surface area contributed by atoms with Crippen molar-refractivity contribution >= 4 is 0 Å². The van der Waals surface area contributed by atoms with Gasteiger partial charge in [0.1, 0.15) is 5.54 Å². The fraction of sp³-hybridized carbons (Fsp3) is 0.929. The molecule has 1 N–H and O–H groups in total. The highest BCUT2D eigenvalue weighted by Crippen LogP contribution is 2.34. The molecule has 0 spiro atoms. The number of rotatable bonds is 5. The molecule has 0 saturated carbocycles. The van der Waals surface area contributed by atoms with Gasteiger partial charge in [-0.25, -0.2) is 0 Å². The summed E-state index contributed by atoms with van der Waals surface area (Å²) in [6.07, 6.45) is -2.80. The van der Waals surface area contributed by atoms with E-state index in [2.05, 4.69) is 11.4 Å². The molecule has 0 radical (unpaired) electrons. The Labute approximate surface area is 119 Å². The lowest BCUT2D eigenvalue weighted by Crippen LogP contribution is -2.50. The Bertz CT molecular complexity index is 351. The first kappa shape index (κ1) is 17.3. The topological polar surface area (TPSA) is 39.1 Å². The Morgan fingerprint density at radius 1 is 1.45 bits per heavy atom. The molecule has 1 heterocycles. The molecule has 3 unspecified atom stereocenters. The molecule has 0 aromatic heterocycles. The van der Waals surface area contributed by atoms with Crippen molar-refractivity contribution in [3.8, 4) is 6.07 Å². The van der Waals surface area contributed by atoms with E-state index in [1.165, 1.54) is 0 Å². The average molecular weight is 291 g/mol. The summed E-state index contributed by atoms with van der Waals surface area (Å²) in [5.41, 5.74) is -0.681. The van der Waals surface area contributed by atoms with Gasteiger partial charge in [0.15, 0.2) is 0 Å². The Morgan fingerprint density at radius 2 is 2.10 bits per heavy atom. The van der Waals surface area contributed by atoms with Crippen LogP contribution < -0.4 is 5.32 Å². The van der Waals surface area contributed by atoms with E-state index in [1.807, 2.05) is 18.7 Å². The van der Waals surface area contributed by atoms with Crippen molar-refractivity contribution in [3.05, 3.63) is 0 Å². The van der Waals surface area contributed by atoms with Gasteiger partial charge in [-0.2, -0.15) is 18.4 Å². The van der Waals surface area contributed by atoms with E-state index in [-0.39, 0.29) is 19.0 Å². The minimum Gasteiger partial charge on any atom is -0.300 e. The number of piperidine rings is 1. The molecule has 0 aromatic rings. The average Bonchev–Trinajstić information content (AvgIpc) is 2.38. The molecular formula is C14H24F3N3. The molecule has 1 rings (SSSR count). The first-order valence-corrected chi connectivity index (χ1v) is 7.19. The molecule has 1 saturated heterocycles. The van der Waals surface area contributed by atoms with Crippen LogP contribution in [0.5, 0.6) is 0 Å². The molecule has 0 amide bonds. The Hall–Kier alpha value is -0.800. The van der Waals surface area contributed by atoms with Crippen LogP contribution in [0.2, 0.25) is 0 Å². The van der Waals surface area contributed by atoms with E-state index in [1.54, 1.807) is 6.92 Å². The number of nitrogens with zero attached hydrogens (tertiary/aromatic N) is 2. The zero-order chi connectivity index (χ0) is 15.4. The maximum Gasteiger partial charge on any atom is 0.393 e. The summed E-state index contributed by atoms with van der Waals surface area (Å²) in [5.74, 6) is -1.23. The van der Waals surface area contributed by atoms with Crippen molar-refractivity contribution in [1.29, 1.82) is 5.26 Å². The van der Waals surface area contributed by atoms with E-state index in [9.17, 15) is 18.4 Å². The minimum absolute atomic E-state index is 0.0381. The second-order valence-corrected chi connectivity index (χ2v) is 5.90. The minimum atomic E-state index is -4.11. The molecule has 1 fully saturated rings. The SMILES string of the molecule is CCNC(C)(C#N)CC(C)N1CCCC(C(F)(F)F)C1. The van der Waals surface area contributed by atoms with E-state index in [0.29, 0.717) is 25.9 Å². The third kappa shape index (κ3) is 4.64. The molecule has 3 atom stereocenters. The van der Waals surface area contributed by atoms with Crippen LogP contribution in [0.25, 0.3) is 0 Å². The Kier molecular flexibility index (Phi) is 5.84. The molecule has 1 aliphatic heterocycles. The number of likely N-dealkylation sites (tertiary alicyclic amines) is 1. The van der Waals surface area contributed by atoms with Crippen molar-refractivity contribution < 1.29 is 13.2 Å². The van der Waals surface area contributed by atoms with Gasteiger partial charge >= 0.3 is 6.18 Å². The lowest BCUT2D eigenvalue weighted by molar-refractivity contribution is -0.188. The predicted molar refractivity (Wildman–Crippen MR) is 72.1 cm³/mol. The molecule has 116 valence electrons. The number of nitriles is 1. The summed E-state index contributed by atoms with van der Waals surface area (Å²) in [4.78, 5) is 1.87. The van der Waals surface area contributed by atoms with Crippen molar-refractivity contribution in [1.82, 2.24) is 10.2 Å². The van der Waals surface area contributed by atoms with Gasteiger partial charge in [-0.05, 0) is 46.2 Å². The van der Waals surface area contributed by atoms with E-state index in [4.69, 9.17) is 0 Å². The fourth-order valence-electron chi connectivity index (χ4n) is 2.94. The third-order valence-corrected chi connectivity index (χ3v) is 4.06. The predicted octanol–water partition coefficient (Wildman–Crippen LogP) is 2.93. The van der Waals surface area contributed by atoms with Gasteiger partial charge in [0.2, 0.25) is 0 Å². The first-order chi connectivity index (χ1) is 9.22. The van der Waals surface area contributed by atoms with Gasteiger partial charge in [-0.1, -0.05) is 6.92 Å². The fourth-order valence-corrected chi connectivity index (χ4v) is 2.94. The molecule has 1 aliphatic rings. The highest BCUT2D eigenvalue weighted by molar-refractivity contribution is 5.05. The highest BCUT2D eigenvalue weighted by atomic mass is 19.4. The van der Waals surface area contributed by atoms with Gasteiger partial charge in [-0.3, -0.25) is 10.2 Å². The van der Waals surface area contributed by atoms with Crippen molar-refractivity contribution in [2.75, 3.05) is 19.6 Å². The molecule has 20 heavy (non-hydrogen) atoms. The molecule has 0 aromatic carbocycles. The van der Waals surface area contributed by atoms with E-state index >= 15 is 0 Å². The van der Waals surface area contributed by atoms with Gasteiger partial charge in [-0.15, -0.1) is 0 Å². The van der Waals surface area contributed by atoms with Crippen LogP contribution in [-0.2, 0) is 0 Å². The third-order valence-electron chi connectivity index (χ3n) is 4.06. The molecule has 6 heteroatoms. The largest absolute Gasteiger partial charge is 0.393 e. The molecular weight excluding hydrogens is 267 g/mol. The van der Waals surface area contributed by atoms with Crippen LogP contribution in [0.1, 0.15) is 40.0 Å². The summed E-state index contributed by atoms with van der Waals surface area (Å²) in [6, 6.07) is 2.19. The Balaban J connectivity index is 2.63. The first-order valence-electron chi connectivity index (χ1n) is 7.19. The van der Waals surface area contributed by atoms with Crippen LogP contribution in [-0.4, -0.2) is 42.3 Å². The van der Waals surface area contributed by atoms with Crippen molar-refractivity contribution in [2.45, 2.75) is 57.8 Å². The van der Waals surface area contributed by atoms with E-state index < -0.39 is 17.6 Å². The van der Waals surface area contributed by atoms with Crippen LogP contribution in [0.4, 0.5) is 13.2 Å². The monoisotopic (exact) mass is 291 g/mol. The van der Waals surface area contributed by atoms with Crippen LogP contribution in [0.15, 0.2) is 0 Å². The van der Waals surface area contributed by atoms with Gasteiger partial charge in [0.05, 0.1) is 12.0 Å². The lowest BCUT2D eigenvalue weighted by atomic mass is 9.91. The second-order valence-electron chi connectivity index (χ2n) is 5.90. The molecule has 0 bridgehead atoms. The summed E-state index contributed by atoms with van der Waals surface area (Å²) in [6.45, 7) is 7.03. The van der Waals surface area contributed by atoms with Crippen LogP contribution >= 0.6 is 0 Å².